The van der Waals surface area contributed by atoms with Crippen LogP contribution in [0.15, 0.2) is 29.6 Å². The van der Waals surface area contributed by atoms with Gasteiger partial charge in [-0.2, -0.15) is 0 Å². The molecule has 0 aliphatic heterocycles. The number of nitrogens with one attached hydrogen (secondary N) is 1. The third-order valence-corrected chi connectivity index (χ3v) is 6.12. The summed E-state index contributed by atoms with van der Waals surface area (Å²) in [6, 6.07) is 7.20. The smallest absolute Gasteiger partial charge is 0.226 e. The van der Waals surface area contributed by atoms with Gasteiger partial charge >= 0.3 is 0 Å². The molecular formula is C15H10Cl2N2OS3. The highest BCUT2D eigenvalue weighted by Gasteiger charge is 2.14. The third kappa shape index (κ3) is 3.56. The van der Waals surface area contributed by atoms with Crippen molar-refractivity contribution in [3.63, 3.8) is 0 Å². The van der Waals surface area contributed by atoms with Crippen LogP contribution in [0.25, 0.3) is 11.3 Å². The lowest BCUT2D eigenvalue weighted by Gasteiger charge is -2.05. The second-order valence-corrected chi connectivity index (χ2v) is 7.96. The van der Waals surface area contributed by atoms with Gasteiger partial charge < -0.3 is 5.32 Å². The molecule has 0 radical (unpaired) electrons. The molecule has 0 unspecified atom stereocenters. The molecule has 3 nitrogen and oxygen atoms in total. The molecule has 0 fully saturated rings. The number of thiazole rings is 1. The van der Waals surface area contributed by atoms with Crippen molar-refractivity contribution >= 4 is 74.4 Å². The van der Waals surface area contributed by atoms with Crippen molar-refractivity contribution in [2.24, 2.45) is 0 Å². The number of aromatic nitrogens is 1. The monoisotopic (exact) mass is 400 g/mol. The summed E-state index contributed by atoms with van der Waals surface area (Å²) in [4.78, 5) is 17.6. The van der Waals surface area contributed by atoms with Crippen LogP contribution in [0.3, 0.4) is 0 Å². The molecule has 2 aromatic heterocycles. The number of nitrogens with zero attached hydrogens (tertiary/aromatic N) is 1. The summed E-state index contributed by atoms with van der Waals surface area (Å²) in [5.41, 5.74) is 2.45. The van der Waals surface area contributed by atoms with Crippen LogP contribution in [0.2, 0.25) is 10.0 Å². The molecule has 0 aliphatic rings. The van der Waals surface area contributed by atoms with E-state index < -0.39 is 0 Å². The van der Waals surface area contributed by atoms with Crippen LogP contribution < -0.4 is 5.32 Å². The van der Waals surface area contributed by atoms with E-state index in [9.17, 15) is 4.79 Å². The van der Waals surface area contributed by atoms with Gasteiger partial charge in [0.2, 0.25) is 5.12 Å². The molecule has 0 amide bonds. The molecular weight excluding hydrogens is 391 g/mol. The number of anilines is 2. The third-order valence-electron chi connectivity index (χ3n) is 3.10. The minimum Gasteiger partial charge on any atom is -0.330 e. The highest BCUT2D eigenvalue weighted by Crippen LogP contribution is 2.36. The number of thiophene rings is 1. The molecule has 8 heteroatoms. The van der Waals surface area contributed by atoms with Crippen LogP contribution in [0.1, 0.15) is 14.5 Å². The second kappa shape index (κ2) is 6.83. The van der Waals surface area contributed by atoms with Gasteiger partial charge in [-0.15, -0.1) is 22.7 Å². The summed E-state index contributed by atoms with van der Waals surface area (Å²) in [5.74, 6) is 0. The fourth-order valence-electron chi connectivity index (χ4n) is 2.01. The van der Waals surface area contributed by atoms with Gasteiger partial charge in [-0.25, -0.2) is 4.98 Å². The van der Waals surface area contributed by atoms with E-state index in [-0.39, 0.29) is 5.12 Å². The number of hydrogen-bond acceptors (Lipinski definition) is 5. The van der Waals surface area contributed by atoms with Crippen molar-refractivity contribution in [2.75, 3.05) is 5.32 Å². The fraction of sp³-hybridized carbons (Fsp3) is 0.0667. The van der Waals surface area contributed by atoms with Crippen molar-refractivity contribution in [3.8, 4) is 11.3 Å². The molecule has 3 aromatic rings. The van der Waals surface area contributed by atoms with Gasteiger partial charge in [0.25, 0.3) is 0 Å². The summed E-state index contributed by atoms with van der Waals surface area (Å²) < 4.78 is 0. The zero-order valence-corrected chi connectivity index (χ0v) is 15.8. The number of benzene rings is 1. The summed E-state index contributed by atoms with van der Waals surface area (Å²) >= 11 is 18.9. The number of carbonyl (C=O) groups is 1. The first-order chi connectivity index (χ1) is 11.0. The summed E-state index contributed by atoms with van der Waals surface area (Å²) in [6.07, 6.45) is 0. The predicted octanol–water partition coefficient (Wildman–Crippen LogP) is 6.30. The van der Waals surface area contributed by atoms with Crippen LogP contribution in [0.4, 0.5) is 10.8 Å². The Morgan fingerprint density at radius 1 is 1.35 bits per heavy atom. The molecule has 0 saturated heterocycles. The van der Waals surface area contributed by atoms with Crippen LogP contribution in [0.5, 0.6) is 0 Å². The number of hydrogen-bond donors (Lipinski definition) is 2. The van der Waals surface area contributed by atoms with Crippen LogP contribution in [0, 0.1) is 6.92 Å². The maximum atomic E-state index is 11.4. The van der Waals surface area contributed by atoms with E-state index in [1.807, 2.05) is 30.5 Å². The Bertz CT molecular complexity index is 889. The summed E-state index contributed by atoms with van der Waals surface area (Å²) in [7, 11) is 0. The van der Waals surface area contributed by atoms with E-state index in [2.05, 4.69) is 22.9 Å². The maximum Gasteiger partial charge on any atom is 0.226 e. The topological polar surface area (TPSA) is 42.0 Å². The Morgan fingerprint density at radius 3 is 2.83 bits per heavy atom. The molecule has 0 atom stereocenters. The molecule has 2 heterocycles. The van der Waals surface area contributed by atoms with Crippen LogP contribution in [-0.2, 0) is 0 Å². The Balaban J connectivity index is 1.89. The maximum absolute atomic E-state index is 11.4. The SMILES string of the molecule is Cc1sc(C(=O)S)cc1-c1csc(Nc2cccc(Cl)c2Cl)n1. The van der Waals surface area contributed by atoms with Crippen molar-refractivity contribution in [1.29, 1.82) is 0 Å². The van der Waals surface area contributed by atoms with Crippen LogP contribution in [-0.4, -0.2) is 10.1 Å². The Hall–Kier alpha value is -1.05. The minimum atomic E-state index is -0.233. The standard InChI is InChI=1S/C15H10Cl2N2OS3/c1-7-8(5-12(23-7)14(20)21)11-6-22-15(19-11)18-10-4-2-3-9(16)13(10)17/h2-6H,1H3,(H,18,19)(H,20,21). The van der Waals surface area contributed by atoms with E-state index in [1.54, 1.807) is 6.07 Å². The van der Waals surface area contributed by atoms with Crippen molar-refractivity contribution in [3.05, 3.63) is 49.4 Å². The molecule has 118 valence electrons. The average molecular weight is 401 g/mol. The van der Waals surface area contributed by atoms with Crippen molar-refractivity contribution in [1.82, 2.24) is 4.98 Å². The van der Waals surface area contributed by atoms with Gasteiger partial charge in [0, 0.05) is 15.8 Å². The van der Waals surface area contributed by atoms with Crippen molar-refractivity contribution < 1.29 is 4.79 Å². The van der Waals surface area contributed by atoms with E-state index in [4.69, 9.17) is 23.2 Å². The van der Waals surface area contributed by atoms with E-state index in [1.165, 1.54) is 22.7 Å². The van der Waals surface area contributed by atoms with E-state index >= 15 is 0 Å². The van der Waals surface area contributed by atoms with Gasteiger partial charge in [0.05, 0.1) is 26.3 Å². The average Bonchev–Trinajstić information content (AvgIpc) is 3.10. The zero-order chi connectivity index (χ0) is 16.6. The second-order valence-electron chi connectivity index (χ2n) is 4.65. The molecule has 23 heavy (non-hydrogen) atoms. The Morgan fingerprint density at radius 2 is 2.13 bits per heavy atom. The number of aryl methyl sites for hydroxylation is 1. The van der Waals surface area contributed by atoms with E-state index in [0.717, 1.165) is 16.1 Å². The lowest BCUT2D eigenvalue weighted by Crippen LogP contribution is -1.91. The lowest BCUT2D eigenvalue weighted by atomic mass is 10.2. The highest BCUT2D eigenvalue weighted by atomic mass is 35.5. The van der Waals surface area contributed by atoms with Gasteiger partial charge in [-0.1, -0.05) is 41.9 Å². The normalized spacial score (nSPS) is 10.8. The summed E-state index contributed by atoms with van der Waals surface area (Å²) in [5, 5.41) is 6.51. The summed E-state index contributed by atoms with van der Waals surface area (Å²) in [6.45, 7) is 1.96. The van der Waals surface area contributed by atoms with E-state index in [0.29, 0.717) is 25.7 Å². The number of rotatable bonds is 4. The van der Waals surface area contributed by atoms with Gasteiger partial charge in [0.15, 0.2) is 5.13 Å². The molecule has 0 bridgehead atoms. The van der Waals surface area contributed by atoms with Gasteiger partial charge in [0.1, 0.15) is 0 Å². The van der Waals surface area contributed by atoms with Crippen molar-refractivity contribution in [2.45, 2.75) is 6.92 Å². The molecule has 1 aromatic carbocycles. The fourth-order valence-corrected chi connectivity index (χ4v) is 4.15. The first-order valence-corrected chi connectivity index (χ1v) is 9.36. The molecule has 3 rings (SSSR count). The predicted molar refractivity (Wildman–Crippen MR) is 103 cm³/mol. The highest BCUT2D eigenvalue weighted by molar-refractivity contribution is 7.97. The van der Waals surface area contributed by atoms with Crippen LogP contribution >= 0.6 is 58.5 Å². The molecule has 0 aliphatic carbocycles. The Labute approximate surface area is 156 Å². The zero-order valence-electron chi connectivity index (χ0n) is 11.8. The first-order valence-electron chi connectivity index (χ1n) is 6.46. The first kappa shape index (κ1) is 16.8. The molecule has 1 N–H and O–H groups in total. The molecule has 0 saturated carbocycles. The number of carbonyl (C=O) groups excluding carboxylic acids is 1. The van der Waals surface area contributed by atoms with Gasteiger partial charge in [-0.3, -0.25) is 4.79 Å². The quantitative estimate of drug-likeness (QED) is 0.504. The minimum absolute atomic E-state index is 0.233. The lowest BCUT2D eigenvalue weighted by molar-refractivity contribution is 0.109. The Kier molecular flexibility index (Phi) is 4.98. The number of halogens is 2. The largest absolute Gasteiger partial charge is 0.330 e. The molecule has 0 spiro atoms. The van der Waals surface area contributed by atoms with Gasteiger partial charge in [-0.05, 0) is 25.1 Å². The number of thiol groups is 1.